The summed E-state index contributed by atoms with van der Waals surface area (Å²) < 4.78 is 5.55. The van der Waals surface area contributed by atoms with Crippen LogP contribution in [0.1, 0.15) is 26.7 Å². The summed E-state index contributed by atoms with van der Waals surface area (Å²) in [6.45, 7) is 5.29. The highest BCUT2D eigenvalue weighted by Crippen LogP contribution is 2.19. The van der Waals surface area contributed by atoms with Gasteiger partial charge in [-0.05, 0) is 40.8 Å². The molecule has 0 aromatic carbocycles. The molecule has 0 spiro atoms. The molecule has 0 aromatic rings. The van der Waals surface area contributed by atoms with Gasteiger partial charge in [-0.1, -0.05) is 0 Å². The normalized spacial score (nSPS) is 25.3. The van der Waals surface area contributed by atoms with Crippen LogP contribution < -0.4 is 11.1 Å². The summed E-state index contributed by atoms with van der Waals surface area (Å²) in [5.74, 6) is -0.0177. The first-order valence-electron chi connectivity index (χ1n) is 6.17. The summed E-state index contributed by atoms with van der Waals surface area (Å²) in [4.78, 5) is 14.0. The summed E-state index contributed by atoms with van der Waals surface area (Å²) in [5.41, 5.74) is 5.46. The minimum Gasteiger partial charge on any atom is -0.364 e. The van der Waals surface area contributed by atoms with E-state index in [4.69, 9.17) is 10.5 Å². The van der Waals surface area contributed by atoms with Crippen LogP contribution in [-0.4, -0.2) is 55.7 Å². The number of carbonyl (C=O) groups excluding carboxylic acids is 1. The lowest BCUT2D eigenvalue weighted by Gasteiger charge is -2.33. The third-order valence-corrected chi connectivity index (χ3v) is 3.57. The summed E-state index contributed by atoms with van der Waals surface area (Å²) >= 11 is 0. The fourth-order valence-electron chi connectivity index (χ4n) is 1.65. The Kier molecular flexibility index (Phi) is 4.91. The molecule has 1 amide bonds. The van der Waals surface area contributed by atoms with Crippen LogP contribution in [0.2, 0.25) is 0 Å². The van der Waals surface area contributed by atoms with Crippen molar-refractivity contribution in [3.63, 3.8) is 0 Å². The molecule has 17 heavy (non-hydrogen) atoms. The summed E-state index contributed by atoms with van der Waals surface area (Å²) in [7, 11) is 4.01. The Bertz CT molecular complexity index is 266. The van der Waals surface area contributed by atoms with Crippen LogP contribution in [-0.2, 0) is 9.53 Å². The van der Waals surface area contributed by atoms with Gasteiger partial charge in [0, 0.05) is 18.6 Å². The maximum absolute atomic E-state index is 11.9. The zero-order chi connectivity index (χ0) is 13.1. The molecular weight excluding hydrogens is 218 g/mol. The van der Waals surface area contributed by atoms with Crippen molar-refractivity contribution in [3.8, 4) is 0 Å². The van der Waals surface area contributed by atoms with E-state index in [1.54, 1.807) is 0 Å². The molecule has 3 N–H and O–H groups in total. The molecule has 0 aliphatic carbocycles. The van der Waals surface area contributed by atoms with Crippen LogP contribution >= 0.6 is 0 Å². The van der Waals surface area contributed by atoms with Crippen molar-refractivity contribution in [1.29, 1.82) is 0 Å². The van der Waals surface area contributed by atoms with Gasteiger partial charge in [-0.25, -0.2) is 0 Å². The van der Waals surface area contributed by atoms with Crippen molar-refractivity contribution >= 4 is 5.91 Å². The number of nitrogens with two attached hydrogens (primary N) is 1. The topological polar surface area (TPSA) is 67.6 Å². The van der Waals surface area contributed by atoms with Crippen LogP contribution in [0.25, 0.3) is 0 Å². The van der Waals surface area contributed by atoms with E-state index in [0.717, 1.165) is 12.8 Å². The van der Waals surface area contributed by atoms with Gasteiger partial charge in [-0.3, -0.25) is 4.79 Å². The molecule has 0 unspecified atom stereocenters. The SMILES string of the molecule is CN(C)C(C)(C)CNC(=O)[C@@H]1CC[C@H](CN)O1. The Hall–Kier alpha value is -0.650. The van der Waals surface area contributed by atoms with Crippen LogP contribution in [0, 0.1) is 0 Å². The van der Waals surface area contributed by atoms with Gasteiger partial charge in [0.15, 0.2) is 0 Å². The molecule has 0 aromatic heterocycles. The predicted molar refractivity (Wildman–Crippen MR) is 67.7 cm³/mol. The van der Waals surface area contributed by atoms with Crippen molar-refractivity contribution < 1.29 is 9.53 Å². The van der Waals surface area contributed by atoms with Gasteiger partial charge in [0.2, 0.25) is 5.91 Å². The lowest BCUT2D eigenvalue weighted by molar-refractivity contribution is -0.132. The van der Waals surface area contributed by atoms with Crippen LogP contribution in [0.3, 0.4) is 0 Å². The molecule has 0 saturated carbocycles. The van der Waals surface area contributed by atoms with E-state index in [-0.39, 0.29) is 23.7 Å². The fraction of sp³-hybridized carbons (Fsp3) is 0.917. The zero-order valence-corrected chi connectivity index (χ0v) is 11.3. The fourth-order valence-corrected chi connectivity index (χ4v) is 1.65. The molecular formula is C12H25N3O2. The van der Waals surface area contributed by atoms with Gasteiger partial charge in [0.05, 0.1) is 6.10 Å². The van der Waals surface area contributed by atoms with E-state index in [1.807, 2.05) is 14.1 Å². The Morgan fingerprint density at radius 1 is 1.47 bits per heavy atom. The standard InChI is InChI=1S/C12H25N3O2/c1-12(2,15(3)4)8-14-11(16)10-6-5-9(7-13)17-10/h9-10H,5-8,13H2,1-4H3,(H,14,16)/t9-,10+/m1/s1. The van der Waals surface area contributed by atoms with Crippen molar-refractivity contribution in [2.24, 2.45) is 5.73 Å². The minimum atomic E-state index is -0.318. The molecule has 0 bridgehead atoms. The number of carbonyl (C=O) groups is 1. The number of ether oxygens (including phenoxy) is 1. The van der Waals surface area contributed by atoms with Gasteiger partial charge < -0.3 is 20.7 Å². The van der Waals surface area contributed by atoms with Crippen molar-refractivity contribution in [2.45, 2.75) is 44.4 Å². The molecule has 100 valence electrons. The minimum absolute atomic E-state index is 0.0177. The third kappa shape index (κ3) is 3.94. The Labute approximate surface area is 104 Å². The van der Waals surface area contributed by atoms with E-state index < -0.39 is 0 Å². The highest BCUT2D eigenvalue weighted by molar-refractivity contribution is 5.81. The van der Waals surface area contributed by atoms with Crippen LogP contribution in [0.15, 0.2) is 0 Å². The number of hydrogen-bond acceptors (Lipinski definition) is 4. The molecule has 1 heterocycles. The van der Waals surface area contributed by atoms with Crippen molar-refractivity contribution in [1.82, 2.24) is 10.2 Å². The second kappa shape index (κ2) is 5.80. The average Bonchev–Trinajstić information content (AvgIpc) is 2.74. The number of nitrogens with one attached hydrogen (secondary N) is 1. The zero-order valence-electron chi connectivity index (χ0n) is 11.3. The van der Waals surface area contributed by atoms with E-state index >= 15 is 0 Å². The first-order valence-corrected chi connectivity index (χ1v) is 6.17. The smallest absolute Gasteiger partial charge is 0.249 e. The van der Waals surface area contributed by atoms with Gasteiger partial charge >= 0.3 is 0 Å². The Balaban J connectivity index is 2.36. The summed E-state index contributed by atoms with van der Waals surface area (Å²) in [6.07, 6.45) is 1.39. The Morgan fingerprint density at radius 2 is 2.12 bits per heavy atom. The molecule has 5 nitrogen and oxygen atoms in total. The maximum atomic E-state index is 11.9. The van der Waals surface area contributed by atoms with Gasteiger partial charge in [-0.2, -0.15) is 0 Å². The molecule has 1 aliphatic heterocycles. The molecule has 1 saturated heterocycles. The lowest BCUT2D eigenvalue weighted by Crippen LogP contribution is -2.50. The van der Waals surface area contributed by atoms with Gasteiger partial charge in [0.25, 0.3) is 0 Å². The summed E-state index contributed by atoms with van der Waals surface area (Å²) in [5, 5.41) is 2.94. The van der Waals surface area contributed by atoms with E-state index in [2.05, 4.69) is 24.1 Å². The van der Waals surface area contributed by atoms with E-state index in [0.29, 0.717) is 13.1 Å². The lowest BCUT2D eigenvalue weighted by atomic mass is 10.0. The highest BCUT2D eigenvalue weighted by atomic mass is 16.5. The number of likely N-dealkylation sites (N-methyl/N-ethyl adjacent to an activating group) is 1. The highest BCUT2D eigenvalue weighted by Gasteiger charge is 2.31. The molecule has 1 rings (SSSR count). The second-order valence-electron chi connectivity index (χ2n) is 5.48. The third-order valence-electron chi connectivity index (χ3n) is 3.57. The van der Waals surface area contributed by atoms with Crippen molar-refractivity contribution in [2.75, 3.05) is 27.2 Å². The van der Waals surface area contributed by atoms with Crippen molar-refractivity contribution in [3.05, 3.63) is 0 Å². The Morgan fingerprint density at radius 3 is 2.59 bits per heavy atom. The largest absolute Gasteiger partial charge is 0.364 e. The molecule has 0 radical (unpaired) electrons. The van der Waals surface area contributed by atoms with Gasteiger partial charge in [0.1, 0.15) is 6.10 Å². The second-order valence-corrected chi connectivity index (χ2v) is 5.48. The summed E-state index contributed by atoms with van der Waals surface area (Å²) in [6, 6.07) is 0. The number of nitrogens with zero attached hydrogens (tertiary/aromatic N) is 1. The molecule has 5 heteroatoms. The molecule has 2 atom stereocenters. The quantitative estimate of drug-likeness (QED) is 0.710. The first kappa shape index (κ1) is 14.4. The average molecular weight is 243 g/mol. The van der Waals surface area contributed by atoms with Crippen LogP contribution in [0.4, 0.5) is 0 Å². The predicted octanol–water partition coefficient (Wildman–Crippen LogP) is -0.0509. The maximum Gasteiger partial charge on any atom is 0.249 e. The monoisotopic (exact) mass is 243 g/mol. The number of rotatable bonds is 5. The number of amides is 1. The van der Waals surface area contributed by atoms with E-state index in [1.165, 1.54) is 0 Å². The molecule has 1 aliphatic rings. The van der Waals surface area contributed by atoms with E-state index in [9.17, 15) is 4.79 Å². The number of hydrogen-bond donors (Lipinski definition) is 2. The first-order chi connectivity index (χ1) is 7.86. The van der Waals surface area contributed by atoms with Crippen LogP contribution in [0.5, 0.6) is 0 Å². The molecule has 1 fully saturated rings. The van der Waals surface area contributed by atoms with Gasteiger partial charge in [-0.15, -0.1) is 0 Å².